The molecule has 0 bridgehead atoms. The molecule has 0 aliphatic carbocycles. The Kier molecular flexibility index (Phi) is 5.30. The lowest BCUT2D eigenvalue weighted by Gasteiger charge is -2.47. The smallest absolute Gasteiger partial charge is 0.253 e. The first-order chi connectivity index (χ1) is 12.4. The molecular weight excluding hydrogens is 330 g/mol. The van der Waals surface area contributed by atoms with Crippen molar-refractivity contribution in [3.63, 3.8) is 0 Å². The molecule has 0 atom stereocenters. The lowest BCUT2D eigenvalue weighted by molar-refractivity contribution is -0.131. The molecule has 3 rings (SSSR count). The minimum Gasteiger partial charge on any atom is -0.343 e. The van der Waals surface area contributed by atoms with Crippen LogP contribution in [0.2, 0.25) is 0 Å². The number of carbonyl (C=O) groups excluding carboxylic acids is 3. The van der Waals surface area contributed by atoms with Crippen LogP contribution in [0.1, 0.15) is 49.9 Å². The highest BCUT2D eigenvalue weighted by molar-refractivity contribution is 5.95. The summed E-state index contributed by atoms with van der Waals surface area (Å²) >= 11 is 0. The number of nitrogens with zero attached hydrogens (tertiary/aromatic N) is 2. The van der Waals surface area contributed by atoms with Crippen molar-refractivity contribution in [2.24, 2.45) is 5.41 Å². The van der Waals surface area contributed by atoms with Crippen LogP contribution in [-0.4, -0.2) is 53.7 Å². The third kappa shape index (κ3) is 4.06. The van der Waals surface area contributed by atoms with E-state index < -0.39 is 0 Å². The van der Waals surface area contributed by atoms with Crippen molar-refractivity contribution in [2.75, 3.05) is 31.5 Å². The number of carbonyl (C=O) groups is 3. The van der Waals surface area contributed by atoms with Crippen LogP contribution >= 0.6 is 0 Å². The Morgan fingerprint density at radius 1 is 0.923 bits per heavy atom. The lowest BCUT2D eigenvalue weighted by Crippen LogP contribution is -2.51. The molecule has 6 heteroatoms. The van der Waals surface area contributed by atoms with Crippen LogP contribution in [0.25, 0.3) is 0 Å². The fraction of sp³-hybridized carbons (Fsp3) is 0.550. The minimum absolute atomic E-state index is 0.0486. The number of rotatable bonds is 2. The van der Waals surface area contributed by atoms with E-state index in [-0.39, 0.29) is 23.1 Å². The number of likely N-dealkylation sites (tertiary alicyclic amines) is 2. The van der Waals surface area contributed by atoms with Gasteiger partial charge in [-0.25, -0.2) is 0 Å². The van der Waals surface area contributed by atoms with Gasteiger partial charge in [-0.2, -0.15) is 0 Å². The topological polar surface area (TPSA) is 69.7 Å². The Balaban J connectivity index is 1.65. The van der Waals surface area contributed by atoms with Crippen LogP contribution in [0.3, 0.4) is 0 Å². The van der Waals surface area contributed by atoms with Gasteiger partial charge in [0.15, 0.2) is 0 Å². The van der Waals surface area contributed by atoms with Gasteiger partial charge >= 0.3 is 0 Å². The molecule has 3 amide bonds. The Bertz CT molecular complexity index is 691. The van der Waals surface area contributed by atoms with E-state index in [1.165, 1.54) is 6.92 Å². The Morgan fingerprint density at radius 3 is 2.15 bits per heavy atom. The quantitative estimate of drug-likeness (QED) is 0.884. The van der Waals surface area contributed by atoms with E-state index in [0.717, 1.165) is 51.9 Å². The fourth-order valence-corrected chi connectivity index (χ4v) is 4.17. The molecule has 1 N–H and O–H groups in total. The number of hydrogen-bond donors (Lipinski definition) is 1. The molecule has 0 radical (unpaired) electrons. The number of amides is 3. The van der Waals surface area contributed by atoms with Crippen molar-refractivity contribution in [2.45, 2.75) is 39.5 Å². The normalized spacial score (nSPS) is 19.3. The summed E-state index contributed by atoms with van der Waals surface area (Å²) in [5.74, 6) is 0.0641. The van der Waals surface area contributed by atoms with Gasteiger partial charge < -0.3 is 15.1 Å². The summed E-state index contributed by atoms with van der Waals surface area (Å²) < 4.78 is 0. The largest absolute Gasteiger partial charge is 0.343 e. The van der Waals surface area contributed by atoms with E-state index in [9.17, 15) is 14.4 Å². The van der Waals surface area contributed by atoms with E-state index in [2.05, 4.69) is 5.32 Å². The molecule has 140 valence electrons. The molecule has 2 saturated heterocycles. The van der Waals surface area contributed by atoms with Gasteiger partial charge in [-0.15, -0.1) is 0 Å². The second-order valence-corrected chi connectivity index (χ2v) is 7.59. The van der Waals surface area contributed by atoms with Crippen molar-refractivity contribution in [3.8, 4) is 0 Å². The molecule has 2 aliphatic rings. The standard InChI is InChI=1S/C20H27N3O3/c1-15(24)21-18-6-4-17(5-7-18)19(26)23-11-3-8-20(14-23)9-12-22(13-10-20)16(2)25/h4-7H,3,8-14H2,1-2H3,(H,21,24). The van der Waals surface area contributed by atoms with Gasteiger partial charge in [0.1, 0.15) is 0 Å². The van der Waals surface area contributed by atoms with Crippen LogP contribution in [-0.2, 0) is 9.59 Å². The average molecular weight is 357 g/mol. The number of hydrogen-bond acceptors (Lipinski definition) is 3. The highest BCUT2D eigenvalue weighted by atomic mass is 16.2. The summed E-state index contributed by atoms with van der Waals surface area (Å²) in [6.45, 7) is 6.23. The predicted molar refractivity (Wildman–Crippen MR) is 99.8 cm³/mol. The Morgan fingerprint density at radius 2 is 1.58 bits per heavy atom. The van der Waals surface area contributed by atoms with Crippen molar-refractivity contribution in [3.05, 3.63) is 29.8 Å². The second kappa shape index (κ2) is 7.48. The SMILES string of the molecule is CC(=O)Nc1ccc(C(=O)N2CCCC3(CCN(C(C)=O)CC3)C2)cc1. The molecule has 26 heavy (non-hydrogen) atoms. The molecule has 0 aromatic heterocycles. The van der Waals surface area contributed by atoms with Crippen LogP contribution in [0.5, 0.6) is 0 Å². The summed E-state index contributed by atoms with van der Waals surface area (Å²) in [7, 11) is 0. The molecule has 0 unspecified atom stereocenters. The molecule has 1 aromatic carbocycles. The van der Waals surface area contributed by atoms with Gasteiger partial charge in [-0.3, -0.25) is 14.4 Å². The monoisotopic (exact) mass is 357 g/mol. The van der Waals surface area contributed by atoms with Gasteiger partial charge in [-0.1, -0.05) is 0 Å². The molecule has 1 aromatic rings. The van der Waals surface area contributed by atoms with Gasteiger partial charge in [0.2, 0.25) is 11.8 Å². The van der Waals surface area contributed by atoms with E-state index in [1.807, 2.05) is 9.80 Å². The first-order valence-electron chi connectivity index (χ1n) is 9.31. The summed E-state index contributed by atoms with van der Waals surface area (Å²) in [6, 6.07) is 7.07. The van der Waals surface area contributed by atoms with Crippen LogP contribution in [0, 0.1) is 5.41 Å². The summed E-state index contributed by atoms with van der Waals surface area (Å²) in [6.07, 6.45) is 4.08. The van der Waals surface area contributed by atoms with E-state index in [0.29, 0.717) is 11.3 Å². The maximum atomic E-state index is 12.9. The molecule has 1 spiro atoms. The van der Waals surface area contributed by atoms with Crippen molar-refractivity contribution >= 4 is 23.4 Å². The molecular formula is C20H27N3O3. The zero-order valence-electron chi connectivity index (χ0n) is 15.6. The van der Waals surface area contributed by atoms with Crippen molar-refractivity contribution in [1.82, 2.24) is 9.80 Å². The van der Waals surface area contributed by atoms with Crippen LogP contribution in [0.4, 0.5) is 5.69 Å². The Hall–Kier alpha value is -2.37. The number of benzene rings is 1. The van der Waals surface area contributed by atoms with E-state index in [1.54, 1.807) is 31.2 Å². The first kappa shape index (κ1) is 18.4. The average Bonchev–Trinajstić information content (AvgIpc) is 2.62. The van der Waals surface area contributed by atoms with Crippen molar-refractivity contribution < 1.29 is 14.4 Å². The molecule has 2 heterocycles. The highest BCUT2D eigenvalue weighted by Crippen LogP contribution is 2.40. The fourth-order valence-electron chi connectivity index (χ4n) is 4.17. The van der Waals surface area contributed by atoms with Crippen LogP contribution < -0.4 is 5.32 Å². The number of piperidine rings is 2. The third-order valence-corrected chi connectivity index (χ3v) is 5.67. The number of nitrogens with one attached hydrogen (secondary N) is 1. The summed E-state index contributed by atoms with van der Waals surface area (Å²) in [5.41, 5.74) is 1.49. The zero-order chi connectivity index (χ0) is 18.7. The minimum atomic E-state index is -0.126. The Labute approximate surface area is 154 Å². The van der Waals surface area contributed by atoms with Crippen LogP contribution in [0.15, 0.2) is 24.3 Å². The molecule has 6 nitrogen and oxygen atoms in total. The molecule has 2 aliphatic heterocycles. The summed E-state index contributed by atoms with van der Waals surface area (Å²) in [4.78, 5) is 39.4. The third-order valence-electron chi connectivity index (χ3n) is 5.67. The van der Waals surface area contributed by atoms with Gasteiger partial charge in [0.25, 0.3) is 5.91 Å². The van der Waals surface area contributed by atoms with Crippen molar-refractivity contribution in [1.29, 1.82) is 0 Å². The lowest BCUT2D eigenvalue weighted by atomic mass is 9.72. The number of anilines is 1. The predicted octanol–water partition coefficient (Wildman–Crippen LogP) is 2.51. The molecule has 0 saturated carbocycles. The zero-order valence-corrected chi connectivity index (χ0v) is 15.6. The molecule has 2 fully saturated rings. The first-order valence-corrected chi connectivity index (χ1v) is 9.31. The van der Waals surface area contributed by atoms with Gasteiger partial charge in [0, 0.05) is 51.3 Å². The van der Waals surface area contributed by atoms with Gasteiger partial charge in [0.05, 0.1) is 0 Å². The van der Waals surface area contributed by atoms with Gasteiger partial charge in [-0.05, 0) is 55.4 Å². The maximum absolute atomic E-state index is 12.9. The second-order valence-electron chi connectivity index (χ2n) is 7.59. The van der Waals surface area contributed by atoms with E-state index >= 15 is 0 Å². The maximum Gasteiger partial charge on any atom is 0.253 e. The van der Waals surface area contributed by atoms with E-state index in [4.69, 9.17) is 0 Å². The highest BCUT2D eigenvalue weighted by Gasteiger charge is 2.40. The summed E-state index contributed by atoms with van der Waals surface area (Å²) in [5, 5.41) is 2.71.